The van der Waals surface area contributed by atoms with Crippen molar-refractivity contribution < 1.29 is 33.4 Å². The SMILES string of the molecule is COC(=O)c1ccc(C(=O)OC)c(NC(=O)CN2CCOC2=O)c1. The standard InChI is InChI=1S/C15H16N2O7/c1-22-13(19)9-3-4-10(14(20)23-2)11(7-9)16-12(18)8-17-5-6-24-15(17)21/h3-4,7H,5-6,8H2,1-2H3,(H,16,18). The fourth-order valence-electron chi connectivity index (χ4n) is 2.11. The maximum absolute atomic E-state index is 12.1. The van der Waals surface area contributed by atoms with Gasteiger partial charge in [0.25, 0.3) is 0 Å². The van der Waals surface area contributed by atoms with E-state index < -0.39 is 23.9 Å². The predicted octanol–water partition coefficient (Wildman–Crippen LogP) is 0.650. The molecule has 1 heterocycles. The van der Waals surface area contributed by atoms with Gasteiger partial charge in [0.05, 0.1) is 37.6 Å². The van der Waals surface area contributed by atoms with E-state index >= 15 is 0 Å². The minimum Gasteiger partial charge on any atom is -0.465 e. The number of nitrogens with one attached hydrogen (secondary N) is 1. The first kappa shape index (κ1) is 17.3. The molecule has 0 aliphatic carbocycles. The maximum Gasteiger partial charge on any atom is 0.410 e. The second-order valence-corrected chi connectivity index (χ2v) is 4.83. The molecule has 0 aromatic heterocycles. The molecule has 2 amide bonds. The van der Waals surface area contributed by atoms with Crippen LogP contribution in [0.15, 0.2) is 18.2 Å². The molecule has 9 heteroatoms. The van der Waals surface area contributed by atoms with E-state index in [0.717, 1.165) is 0 Å². The van der Waals surface area contributed by atoms with Crippen molar-refractivity contribution in [2.75, 3.05) is 39.2 Å². The summed E-state index contributed by atoms with van der Waals surface area (Å²) < 4.78 is 14.0. The molecule has 1 aliphatic rings. The fraction of sp³-hybridized carbons (Fsp3) is 0.333. The molecule has 0 unspecified atom stereocenters. The van der Waals surface area contributed by atoms with E-state index in [2.05, 4.69) is 14.8 Å². The smallest absolute Gasteiger partial charge is 0.410 e. The van der Waals surface area contributed by atoms with Gasteiger partial charge in [-0.1, -0.05) is 0 Å². The molecule has 24 heavy (non-hydrogen) atoms. The Balaban J connectivity index is 2.21. The largest absolute Gasteiger partial charge is 0.465 e. The number of carbonyl (C=O) groups excluding carboxylic acids is 4. The third-order valence-electron chi connectivity index (χ3n) is 3.30. The topological polar surface area (TPSA) is 111 Å². The first-order chi connectivity index (χ1) is 11.5. The van der Waals surface area contributed by atoms with E-state index in [1.165, 1.54) is 37.3 Å². The Kier molecular flexibility index (Phi) is 5.35. The number of cyclic esters (lactones) is 1. The summed E-state index contributed by atoms with van der Waals surface area (Å²) in [6.45, 7) is 0.289. The third-order valence-corrected chi connectivity index (χ3v) is 3.30. The molecule has 1 aliphatic heterocycles. The monoisotopic (exact) mass is 336 g/mol. The van der Waals surface area contributed by atoms with Gasteiger partial charge in [-0.05, 0) is 18.2 Å². The molecule has 1 N–H and O–H groups in total. The van der Waals surface area contributed by atoms with Crippen molar-refractivity contribution in [1.82, 2.24) is 4.90 Å². The summed E-state index contributed by atoms with van der Waals surface area (Å²) in [6, 6.07) is 4.03. The molecule has 1 aromatic rings. The lowest BCUT2D eigenvalue weighted by Crippen LogP contribution is -2.34. The van der Waals surface area contributed by atoms with E-state index in [9.17, 15) is 19.2 Å². The van der Waals surface area contributed by atoms with Crippen molar-refractivity contribution in [2.24, 2.45) is 0 Å². The molecule has 0 spiro atoms. The van der Waals surface area contributed by atoms with E-state index in [1.54, 1.807) is 0 Å². The van der Waals surface area contributed by atoms with Gasteiger partial charge in [0.15, 0.2) is 0 Å². The normalized spacial score (nSPS) is 13.2. The minimum atomic E-state index is -0.678. The van der Waals surface area contributed by atoms with Crippen molar-refractivity contribution in [3.05, 3.63) is 29.3 Å². The fourth-order valence-corrected chi connectivity index (χ4v) is 2.11. The Morgan fingerprint density at radius 3 is 2.50 bits per heavy atom. The number of methoxy groups -OCH3 is 2. The van der Waals surface area contributed by atoms with Crippen LogP contribution in [0.3, 0.4) is 0 Å². The Morgan fingerprint density at radius 1 is 1.21 bits per heavy atom. The van der Waals surface area contributed by atoms with Crippen LogP contribution in [-0.4, -0.2) is 62.8 Å². The first-order valence-corrected chi connectivity index (χ1v) is 6.98. The summed E-state index contributed by atoms with van der Waals surface area (Å²) in [5, 5.41) is 2.50. The Labute approximate surface area is 137 Å². The zero-order valence-corrected chi connectivity index (χ0v) is 13.2. The van der Waals surface area contributed by atoms with Crippen LogP contribution in [0.4, 0.5) is 10.5 Å². The highest BCUT2D eigenvalue weighted by molar-refractivity contribution is 6.04. The summed E-state index contributed by atoms with van der Waals surface area (Å²) >= 11 is 0. The predicted molar refractivity (Wildman–Crippen MR) is 80.7 cm³/mol. The van der Waals surface area contributed by atoms with Gasteiger partial charge < -0.3 is 19.5 Å². The van der Waals surface area contributed by atoms with Gasteiger partial charge in [0.2, 0.25) is 5.91 Å². The maximum atomic E-state index is 12.1. The number of esters is 2. The number of carbonyl (C=O) groups is 4. The van der Waals surface area contributed by atoms with Gasteiger partial charge in [-0.2, -0.15) is 0 Å². The van der Waals surface area contributed by atoms with Crippen molar-refractivity contribution in [3.63, 3.8) is 0 Å². The molecule has 9 nitrogen and oxygen atoms in total. The average molecular weight is 336 g/mol. The highest BCUT2D eigenvalue weighted by atomic mass is 16.6. The summed E-state index contributed by atoms with van der Waals surface area (Å²) in [5.74, 6) is -1.84. The average Bonchev–Trinajstić information content (AvgIpc) is 2.98. The zero-order valence-electron chi connectivity index (χ0n) is 13.2. The Bertz CT molecular complexity index is 686. The van der Waals surface area contributed by atoms with Gasteiger partial charge in [-0.25, -0.2) is 14.4 Å². The molecule has 0 radical (unpaired) electrons. The number of hydrogen-bond donors (Lipinski definition) is 1. The third kappa shape index (κ3) is 3.80. The van der Waals surface area contributed by atoms with Crippen molar-refractivity contribution >= 4 is 29.6 Å². The van der Waals surface area contributed by atoms with Crippen LogP contribution in [0.2, 0.25) is 0 Å². The molecule has 0 atom stereocenters. The van der Waals surface area contributed by atoms with Gasteiger partial charge in [0, 0.05) is 0 Å². The molecule has 1 fully saturated rings. The first-order valence-electron chi connectivity index (χ1n) is 6.98. The van der Waals surface area contributed by atoms with Crippen LogP contribution in [0.1, 0.15) is 20.7 Å². The van der Waals surface area contributed by atoms with Gasteiger partial charge in [-0.15, -0.1) is 0 Å². The molecular formula is C15H16N2O7. The summed E-state index contributed by atoms with van der Waals surface area (Å²) in [4.78, 5) is 48.1. The lowest BCUT2D eigenvalue weighted by atomic mass is 10.1. The molecule has 128 valence electrons. The molecule has 0 bridgehead atoms. The molecule has 2 rings (SSSR count). The number of benzene rings is 1. The number of ether oxygens (including phenoxy) is 3. The second-order valence-electron chi connectivity index (χ2n) is 4.83. The van der Waals surface area contributed by atoms with Crippen LogP contribution in [0, 0.1) is 0 Å². The van der Waals surface area contributed by atoms with E-state index in [-0.39, 0.29) is 30.0 Å². The Hall–Kier alpha value is -3.10. The molecular weight excluding hydrogens is 320 g/mol. The van der Waals surface area contributed by atoms with E-state index in [1.807, 2.05) is 0 Å². The highest BCUT2D eigenvalue weighted by Crippen LogP contribution is 2.20. The van der Waals surface area contributed by atoms with Crippen molar-refractivity contribution in [2.45, 2.75) is 0 Å². The zero-order chi connectivity index (χ0) is 17.7. The number of anilines is 1. The molecule has 1 saturated heterocycles. The molecule has 1 aromatic carbocycles. The van der Waals surface area contributed by atoms with Gasteiger partial charge >= 0.3 is 18.0 Å². The van der Waals surface area contributed by atoms with Crippen LogP contribution in [0.5, 0.6) is 0 Å². The number of rotatable bonds is 5. The lowest BCUT2D eigenvalue weighted by Gasteiger charge is -2.14. The molecule has 0 saturated carbocycles. The quantitative estimate of drug-likeness (QED) is 0.620. The van der Waals surface area contributed by atoms with Crippen molar-refractivity contribution in [3.8, 4) is 0 Å². The Morgan fingerprint density at radius 2 is 1.92 bits per heavy atom. The van der Waals surface area contributed by atoms with E-state index in [4.69, 9.17) is 4.74 Å². The summed E-state index contributed by atoms with van der Waals surface area (Å²) in [6.07, 6.45) is -0.582. The summed E-state index contributed by atoms with van der Waals surface area (Å²) in [7, 11) is 2.41. The lowest BCUT2D eigenvalue weighted by molar-refractivity contribution is -0.116. The van der Waals surface area contributed by atoms with Gasteiger partial charge in [0.1, 0.15) is 13.2 Å². The van der Waals surface area contributed by atoms with Crippen LogP contribution in [0.25, 0.3) is 0 Å². The highest BCUT2D eigenvalue weighted by Gasteiger charge is 2.25. The number of amides is 2. The van der Waals surface area contributed by atoms with Crippen LogP contribution < -0.4 is 5.32 Å². The number of hydrogen-bond acceptors (Lipinski definition) is 7. The van der Waals surface area contributed by atoms with Gasteiger partial charge in [-0.3, -0.25) is 9.69 Å². The minimum absolute atomic E-state index is 0.0718. The van der Waals surface area contributed by atoms with Crippen LogP contribution in [-0.2, 0) is 19.0 Å². The second kappa shape index (κ2) is 7.44. The summed E-state index contributed by atoms with van der Waals surface area (Å²) in [5.41, 5.74) is 0.311. The number of nitrogens with zero attached hydrogens (tertiary/aromatic N) is 1. The van der Waals surface area contributed by atoms with Crippen LogP contribution >= 0.6 is 0 Å². The van der Waals surface area contributed by atoms with Crippen molar-refractivity contribution in [1.29, 1.82) is 0 Å². The van der Waals surface area contributed by atoms with E-state index in [0.29, 0.717) is 6.54 Å².